The third kappa shape index (κ3) is 3.68. The van der Waals surface area contributed by atoms with Crippen LogP contribution in [0.2, 0.25) is 0 Å². The highest BCUT2D eigenvalue weighted by Gasteiger charge is 2.10. The first-order chi connectivity index (χ1) is 9.06. The second kappa shape index (κ2) is 6.04. The lowest BCUT2D eigenvalue weighted by atomic mass is 10.3. The summed E-state index contributed by atoms with van der Waals surface area (Å²) in [5.74, 6) is -0.125. The van der Waals surface area contributed by atoms with E-state index in [-0.39, 0.29) is 12.5 Å². The van der Waals surface area contributed by atoms with Crippen LogP contribution in [-0.4, -0.2) is 15.6 Å². The summed E-state index contributed by atoms with van der Waals surface area (Å²) in [5.41, 5.74) is 1.48. The van der Waals surface area contributed by atoms with Crippen molar-refractivity contribution in [3.8, 4) is 0 Å². The summed E-state index contributed by atoms with van der Waals surface area (Å²) in [6.07, 6.45) is 1.19. The maximum absolute atomic E-state index is 11.9. The van der Waals surface area contributed by atoms with Crippen LogP contribution >= 0.6 is 15.9 Å². The highest BCUT2D eigenvalue weighted by atomic mass is 79.9. The highest BCUT2D eigenvalue weighted by molar-refractivity contribution is 9.10. The Balaban J connectivity index is 2.01. The number of nitrogens with zero attached hydrogens (tertiary/aromatic N) is 1. The molecule has 0 aliphatic carbocycles. The molecule has 0 aliphatic heterocycles. The van der Waals surface area contributed by atoms with E-state index in [1.165, 1.54) is 0 Å². The predicted molar refractivity (Wildman–Crippen MR) is 77.8 cm³/mol. The number of anilines is 1. The van der Waals surface area contributed by atoms with Crippen LogP contribution in [0.1, 0.15) is 18.7 Å². The minimum Gasteiger partial charge on any atom is -0.387 e. The highest BCUT2D eigenvalue weighted by Crippen LogP contribution is 2.15. The molecule has 0 bridgehead atoms. The molecule has 1 unspecified atom stereocenters. The predicted octanol–water partition coefficient (Wildman–Crippen LogP) is 2.94. The van der Waals surface area contributed by atoms with Crippen LogP contribution in [0.15, 0.2) is 47.1 Å². The Labute approximate surface area is 120 Å². The van der Waals surface area contributed by atoms with E-state index in [0.29, 0.717) is 0 Å². The molecule has 2 aromatic rings. The molecule has 100 valence electrons. The lowest BCUT2D eigenvalue weighted by Crippen LogP contribution is -2.20. The molecule has 4 nitrogen and oxygen atoms in total. The molecule has 0 spiro atoms. The van der Waals surface area contributed by atoms with Crippen molar-refractivity contribution >= 4 is 27.5 Å². The zero-order valence-corrected chi connectivity index (χ0v) is 12.1. The topological polar surface area (TPSA) is 54.3 Å². The third-order valence-electron chi connectivity index (χ3n) is 2.73. The SMILES string of the molecule is CC(O)c1cccn1CC(=O)Nc1ccc(Br)cc1. The minimum absolute atomic E-state index is 0.125. The van der Waals surface area contributed by atoms with Crippen LogP contribution in [0, 0.1) is 0 Å². The maximum Gasteiger partial charge on any atom is 0.244 e. The first-order valence-electron chi connectivity index (χ1n) is 5.95. The first-order valence-corrected chi connectivity index (χ1v) is 6.74. The molecule has 1 amide bonds. The van der Waals surface area contributed by atoms with Gasteiger partial charge in [-0.25, -0.2) is 0 Å². The van der Waals surface area contributed by atoms with E-state index in [9.17, 15) is 9.90 Å². The summed E-state index contributed by atoms with van der Waals surface area (Å²) in [4.78, 5) is 11.9. The number of nitrogens with one attached hydrogen (secondary N) is 1. The smallest absolute Gasteiger partial charge is 0.244 e. The molecule has 1 aromatic carbocycles. The number of hydrogen-bond donors (Lipinski definition) is 2. The Kier molecular flexibility index (Phi) is 4.39. The number of aromatic nitrogens is 1. The van der Waals surface area contributed by atoms with Gasteiger partial charge in [0.05, 0.1) is 6.10 Å². The van der Waals surface area contributed by atoms with Crippen molar-refractivity contribution in [2.45, 2.75) is 19.6 Å². The number of carbonyl (C=O) groups excluding carboxylic acids is 1. The fraction of sp³-hybridized carbons (Fsp3) is 0.214. The van der Waals surface area contributed by atoms with E-state index >= 15 is 0 Å². The van der Waals surface area contributed by atoms with Crippen LogP contribution in [0.4, 0.5) is 5.69 Å². The molecule has 0 fully saturated rings. The molecule has 0 aliphatic rings. The molecule has 5 heteroatoms. The first kappa shape index (κ1) is 13.8. The monoisotopic (exact) mass is 322 g/mol. The number of hydrogen-bond acceptors (Lipinski definition) is 2. The quantitative estimate of drug-likeness (QED) is 0.909. The molecule has 1 aromatic heterocycles. The average Bonchev–Trinajstić information content (AvgIpc) is 2.80. The molecular formula is C14H15BrN2O2. The lowest BCUT2D eigenvalue weighted by molar-refractivity contribution is -0.116. The number of halogens is 1. The van der Waals surface area contributed by atoms with Crippen molar-refractivity contribution in [2.75, 3.05) is 5.32 Å². The molecule has 0 radical (unpaired) electrons. The van der Waals surface area contributed by atoms with Gasteiger partial charge in [0.2, 0.25) is 5.91 Å². The van der Waals surface area contributed by atoms with Gasteiger partial charge in [0.25, 0.3) is 0 Å². The van der Waals surface area contributed by atoms with Gasteiger partial charge in [0, 0.05) is 22.1 Å². The van der Waals surface area contributed by atoms with Gasteiger partial charge in [-0.15, -0.1) is 0 Å². The summed E-state index contributed by atoms with van der Waals surface area (Å²) in [7, 11) is 0. The van der Waals surface area contributed by atoms with Crippen molar-refractivity contribution < 1.29 is 9.90 Å². The van der Waals surface area contributed by atoms with Gasteiger partial charge in [-0.05, 0) is 43.3 Å². The number of rotatable bonds is 4. The summed E-state index contributed by atoms with van der Waals surface area (Å²) in [5, 5.41) is 12.4. The van der Waals surface area contributed by atoms with E-state index in [0.717, 1.165) is 15.9 Å². The maximum atomic E-state index is 11.9. The fourth-order valence-corrected chi connectivity index (χ4v) is 2.10. The number of carbonyl (C=O) groups is 1. The van der Waals surface area contributed by atoms with E-state index in [1.54, 1.807) is 23.8 Å². The second-order valence-electron chi connectivity index (χ2n) is 4.29. The van der Waals surface area contributed by atoms with Gasteiger partial charge in [0.15, 0.2) is 0 Å². The van der Waals surface area contributed by atoms with Crippen LogP contribution in [0.3, 0.4) is 0 Å². The van der Waals surface area contributed by atoms with Crippen molar-refractivity contribution in [1.29, 1.82) is 0 Å². The van der Waals surface area contributed by atoms with Gasteiger partial charge >= 0.3 is 0 Å². The standard InChI is InChI=1S/C14H15BrN2O2/c1-10(18)13-3-2-8-17(13)9-14(19)16-12-6-4-11(15)5-7-12/h2-8,10,18H,9H2,1H3,(H,16,19). The molecule has 1 heterocycles. The molecular weight excluding hydrogens is 308 g/mol. The largest absolute Gasteiger partial charge is 0.387 e. The summed E-state index contributed by atoms with van der Waals surface area (Å²) in [6, 6.07) is 11.0. The molecule has 1 atom stereocenters. The Bertz CT molecular complexity index is 561. The average molecular weight is 323 g/mol. The Hall–Kier alpha value is -1.59. The van der Waals surface area contributed by atoms with E-state index in [2.05, 4.69) is 21.2 Å². The molecule has 2 rings (SSSR count). The summed E-state index contributed by atoms with van der Waals surface area (Å²) < 4.78 is 2.70. The number of benzene rings is 1. The Morgan fingerprint density at radius 1 is 1.37 bits per heavy atom. The zero-order chi connectivity index (χ0) is 13.8. The Morgan fingerprint density at radius 3 is 2.68 bits per heavy atom. The number of amides is 1. The van der Waals surface area contributed by atoms with Crippen LogP contribution in [0.25, 0.3) is 0 Å². The van der Waals surface area contributed by atoms with Gasteiger partial charge in [-0.2, -0.15) is 0 Å². The molecule has 19 heavy (non-hydrogen) atoms. The summed E-state index contributed by atoms with van der Waals surface area (Å²) in [6.45, 7) is 1.86. The normalized spacial score (nSPS) is 12.2. The molecule has 0 saturated heterocycles. The minimum atomic E-state index is -0.588. The lowest BCUT2D eigenvalue weighted by Gasteiger charge is -2.11. The van der Waals surface area contributed by atoms with Crippen molar-refractivity contribution in [2.24, 2.45) is 0 Å². The van der Waals surface area contributed by atoms with Crippen molar-refractivity contribution in [3.05, 3.63) is 52.8 Å². The van der Waals surface area contributed by atoms with Gasteiger partial charge in [-0.1, -0.05) is 15.9 Å². The van der Waals surface area contributed by atoms with Crippen molar-refractivity contribution in [1.82, 2.24) is 4.57 Å². The fourth-order valence-electron chi connectivity index (χ4n) is 1.84. The van der Waals surface area contributed by atoms with Gasteiger partial charge in [-0.3, -0.25) is 4.79 Å². The van der Waals surface area contributed by atoms with Crippen LogP contribution in [-0.2, 0) is 11.3 Å². The second-order valence-corrected chi connectivity index (χ2v) is 5.21. The van der Waals surface area contributed by atoms with E-state index in [4.69, 9.17) is 0 Å². The molecule has 0 saturated carbocycles. The summed E-state index contributed by atoms with van der Waals surface area (Å²) >= 11 is 3.34. The van der Waals surface area contributed by atoms with Crippen LogP contribution in [0.5, 0.6) is 0 Å². The van der Waals surface area contributed by atoms with E-state index < -0.39 is 6.10 Å². The number of aliphatic hydroxyl groups is 1. The van der Waals surface area contributed by atoms with Gasteiger partial charge < -0.3 is 15.0 Å². The molecule has 2 N–H and O–H groups in total. The Morgan fingerprint density at radius 2 is 2.05 bits per heavy atom. The third-order valence-corrected chi connectivity index (χ3v) is 3.26. The van der Waals surface area contributed by atoms with Crippen molar-refractivity contribution in [3.63, 3.8) is 0 Å². The van der Waals surface area contributed by atoms with Crippen LogP contribution < -0.4 is 5.32 Å². The van der Waals surface area contributed by atoms with E-state index in [1.807, 2.05) is 30.3 Å². The van der Waals surface area contributed by atoms with Gasteiger partial charge in [0.1, 0.15) is 6.54 Å². The number of aliphatic hydroxyl groups excluding tert-OH is 1. The zero-order valence-electron chi connectivity index (χ0n) is 10.5.